The highest BCUT2D eigenvalue weighted by molar-refractivity contribution is 7.20. The first-order chi connectivity index (χ1) is 10.0. The number of aryl methyl sites for hydroxylation is 1. The maximum Gasteiger partial charge on any atom is 0.265 e. The quantitative estimate of drug-likeness (QED) is 0.697. The average molecular weight is 300 g/mol. The molecule has 106 valence electrons. The van der Waals surface area contributed by atoms with E-state index in [0.29, 0.717) is 10.6 Å². The standard InChI is InChI=1S/C16H13FN2OS/c1-9-6-12(18)4-5-13(9)19-16(20)15-7-10-2-3-11(17)8-14(10)21-15/h2-8H,18H2,1H3,(H,19,20). The van der Waals surface area contributed by atoms with Crippen LogP contribution in [0.2, 0.25) is 0 Å². The first-order valence-electron chi connectivity index (χ1n) is 6.39. The van der Waals surface area contributed by atoms with Crippen molar-refractivity contribution in [2.75, 3.05) is 11.1 Å². The van der Waals surface area contributed by atoms with Crippen molar-refractivity contribution in [1.82, 2.24) is 0 Å². The van der Waals surface area contributed by atoms with Gasteiger partial charge in [-0.05, 0) is 54.3 Å². The van der Waals surface area contributed by atoms with E-state index in [1.54, 1.807) is 30.3 Å². The van der Waals surface area contributed by atoms with Crippen molar-refractivity contribution in [1.29, 1.82) is 0 Å². The predicted molar refractivity (Wildman–Crippen MR) is 85.3 cm³/mol. The lowest BCUT2D eigenvalue weighted by molar-refractivity contribution is 0.103. The van der Waals surface area contributed by atoms with Crippen LogP contribution in [0.4, 0.5) is 15.8 Å². The highest BCUT2D eigenvalue weighted by Crippen LogP contribution is 2.27. The van der Waals surface area contributed by atoms with E-state index in [0.717, 1.165) is 21.3 Å². The highest BCUT2D eigenvalue weighted by Gasteiger charge is 2.12. The number of carbonyl (C=O) groups excluding carboxylic acids is 1. The molecule has 0 aliphatic rings. The summed E-state index contributed by atoms with van der Waals surface area (Å²) in [5, 5.41) is 3.71. The van der Waals surface area contributed by atoms with Gasteiger partial charge < -0.3 is 11.1 Å². The van der Waals surface area contributed by atoms with Gasteiger partial charge in [-0.1, -0.05) is 6.07 Å². The summed E-state index contributed by atoms with van der Waals surface area (Å²) in [6, 6.07) is 11.6. The molecule has 0 saturated carbocycles. The largest absolute Gasteiger partial charge is 0.399 e. The molecule has 1 heterocycles. The Balaban J connectivity index is 1.89. The summed E-state index contributed by atoms with van der Waals surface area (Å²) >= 11 is 1.27. The number of hydrogen-bond donors (Lipinski definition) is 2. The molecule has 1 amide bonds. The molecule has 1 aromatic heterocycles. The molecule has 0 fully saturated rings. The number of hydrogen-bond acceptors (Lipinski definition) is 3. The van der Waals surface area contributed by atoms with E-state index in [1.165, 1.54) is 23.5 Å². The van der Waals surface area contributed by atoms with Crippen molar-refractivity contribution in [2.24, 2.45) is 0 Å². The molecule has 0 radical (unpaired) electrons. The number of nitrogens with one attached hydrogen (secondary N) is 1. The summed E-state index contributed by atoms with van der Waals surface area (Å²) in [5.74, 6) is -0.504. The van der Waals surface area contributed by atoms with Crippen molar-refractivity contribution < 1.29 is 9.18 Å². The zero-order valence-electron chi connectivity index (χ0n) is 11.3. The van der Waals surface area contributed by atoms with Crippen LogP contribution in [-0.4, -0.2) is 5.91 Å². The molecule has 3 nitrogen and oxygen atoms in total. The van der Waals surface area contributed by atoms with Crippen molar-refractivity contribution in [2.45, 2.75) is 6.92 Å². The fourth-order valence-electron chi connectivity index (χ4n) is 2.13. The van der Waals surface area contributed by atoms with Gasteiger partial charge in [0.15, 0.2) is 0 Å². The Morgan fingerprint density at radius 2 is 2.00 bits per heavy atom. The van der Waals surface area contributed by atoms with Crippen LogP contribution < -0.4 is 11.1 Å². The van der Waals surface area contributed by atoms with Gasteiger partial charge in [-0.25, -0.2) is 4.39 Å². The molecule has 5 heteroatoms. The minimum atomic E-state index is -0.300. The third-order valence-electron chi connectivity index (χ3n) is 3.20. The van der Waals surface area contributed by atoms with Gasteiger partial charge in [0.1, 0.15) is 5.82 Å². The Bertz CT molecular complexity index is 841. The van der Waals surface area contributed by atoms with E-state index in [-0.39, 0.29) is 11.7 Å². The SMILES string of the molecule is Cc1cc(N)ccc1NC(=O)c1cc2ccc(F)cc2s1. The molecular formula is C16H13FN2OS. The minimum Gasteiger partial charge on any atom is -0.399 e. The van der Waals surface area contributed by atoms with E-state index >= 15 is 0 Å². The van der Waals surface area contributed by atoms with Gasteiger partial charge >= 0.3 is 0 Å². The Morgan fingerprint density at radius 3 is 2.76 bits per heavy atom. The van der Waals surface area contributed by atoms with Crippen molar-refractivity contribution >= 4 is 38.7 Å². The molecule has 0 aliphatic heterocycles. The number of anilines is 2. The molecule has 0 spiro atoms. The number of nitrogen functional groups attached to an aromatic ring is 1. The normalized spacial score (nSPS) is 10.8. The highest BCUT2D eigenvalue weighted by atomic mass is 32.1. The van der Waals surface area contributed by atoms with Gasteiger partial charge in [0.25, 0.3) is 5.91 Å². The topological polar surface area (TPSA) is 55.1 Å². The van der Waals surface area contributed by atoms with Crippen LogP contribution in [0.1, 0.15) is 15.2 Å². The molecular weight excluding hydrogens is 287 g/mol. The van der Waals surface area contributed by atoms with Crippen LogP contribution in [0.25, 0.3) is 10.1 Å². The third-order valence-corrected chi connectivity index (χ3v) is 4.30. The summed E-state index contributed by atoms with van der Waals surface area (Å²) in [6.07, 6.45) is 0. The molecule has 3 rings (SSSR count). The van der Waals surface area contributed by atoms with E-state index < -0.39 is 0 Å². The van der Waals surface area contributed by atoms with Gasteiger partial charge in [-0.15, -0.1) is 11.3 Å². The summed E-state index contributed by atoms with van der Waals surface area (Å²) in [7, 11) is 0. The monoisotopic (exact) mass is 300 g/mol. The van der Waals surface area contributed by atoms with Crippen LogP contribution in [0, 0.1) is 12.7 Å². The van der Waals surface area contributed by atoms with Gasteiger partial charge in [0.05, 0.1) is 4.88 Å². The maximum atomic E-state index is 13.2. The minimum absolute atomic E-state index is 0.204. The Kier molecular flexibility index (Phi) is 3.35. The maximum absolute atomic E-state index is 13.2. The number of amides is 1. The molecule has 0 saturated heterocycles. The van der Waals surface area contributed by atoms with Gasteiger partial charge in [0.2, 0.25) is 0 Å². The molecule has 0 atom stereocenters. The Labute approximate surface area is 125 Å². The van der Waals surface area contributed by atoms with Crippen LogP contribution in [0.3, 0.4) is 0 Å². The van der Waals surface area contributed by atoms with E-state index in [9.17, 15) is 9.18 Å². The van der Waals surface area contributed by atoms with E-state index in [4.69, 9.17) is 5.73 Å². The zero-order chi connectivity index (χ0) is 15.0. The molecule has 0 bridgehead atoms. The fraction of sp³-hybridized carbons (Fsp3) is 0.0625. The third kappa shape index (κ3) is 2.73. The predicted octanol–water partition coefficient (Wildman–Crippen LogP) is 4.18. The molecule has 0 aliphatic carbocycles. The van der Waals surface area contributed by atoms with E-state index in [2.05, 4.69) is 5.32 Å². The van der Waals surface area contributed by atoms with Gasteiger partial charge in [-0.2, -0.15) is 0 Å². The molecule has 21 heavy (non-hydrogen) atoms. The molecule has 3 N–H and O–H groups in total. The fourth-order valence-corrected chi connectivity index (χ4v) is 3.11. The van der Waals surface area contributed by atoms with Crippen LogP contribution in [0.5, 0.6) is 0 Å². The van der Waals surface area contributed by atoms with Crippen molar-refractivity contribution in [3.05, 3.63) is 58.7 Å². The Hall–Kier alpha value is -2.40. The number of thiophene rings is 1. The smallest absolute Gasteiger partial charge is 0.265 e. The van der Waals surface area contributed by atoms with Crippen LogP contribution in [0.15, 0.2) is 42.5 Å². The van der Waals surface area contributed by atoms with Crippen LogP contribution in [-0.2, 0) is 0 Å². The van der Waals surface area contributed by atoms with Gasteiger partial charge in [0, 0.05) is 16.1 Å². The summed E-state index contributed by atoms with van der Waals surface area (Å²) in [5.41, 5.74) is 7.96. The number of fused-ring (bicyclic) bond motifs is 1. The summed E-state index contributed by atoms with van der Waals surface area (Å²) in [4.78, 5) is 12.8. The zero-order valence-corrected chi connectivity index (χ0v) is 12.1. The second-order valence-corrected chi connectivity index (χ2v) is 5.91. The van der Waals surface area contributed by atoms with Gasteiger partial charge in [-0.3, -0.25) is 4.79 Å². The number of halogens is 1. The molecule has 0 unspecified atom stereocenters. The molecule has 3 aromatic rings. The Morgan fingerprint density at radius 1 is 1.19 bits per heavy atom. The summed E-state index contributed by atoms with van der Waals surface area (Å²) < 4.78 is 13.9. The first kappa shape index (κ1) is 13.6. The number of nitrogens with two attached hydrogens (primary N) is 1. The number of benzene rings is 2. The first-order valence-corrected chi connectivity index (χ1v) is 7.21. The van der Waals surface area contributed by atoms with Crippen molar-refractivity contribution in [3.8, 4) is 0 Å². The van der Waals surface area contributed by atoms with Crippen molar-refractivity contribution in [3.63, 3.8) is 0 Å². The second-order valence-electron chi connectivity index (χ2n) is 4.82. The number of rotatable bonds is 2. The average Bonchev–Trinajstić information content (AvgIpc) is 2.85. The molecule has 2 aromatic carbocycles. The lowest BCUT2D eigenvalue weighted by Crippen LogP contribution is -2.11. The lowest BCUT2D eigenvalue weighted by Gasteiger charge is -2.07. The summed E-state index contributed by atoms with van der Waals surface area (Å²) in [6.45, 7) is 1.88. The van der Waals surface area contributed by atoms with Crippen LogP contribution >= 0.6 is 11.3 Å². The number of carbonyl (C=O) groups is 1. The lowest BCUT2D eigenvalue weighted by atomic mass is 10.2. The second kappa shape index (κ2) is 5.18. The van der Waals surface area contributed by atoms with E-state index in [1.807, 2.05) is 6.92 Å².